The number of H-pyrrole nitrogens is 1. The predicted octanol–water partition coefficient (Wildman–Crippen LogP) is 5.14. The molecule has 4 rings (SSSR count). The number of hydrogen-bond acceptors (Lipinski definition) is 6. The molecule has 2 aromatic carbocycles. The van der Waals surface area contributed by atoms with Gasteiger partial charge in [0, 0.05) is 23.1 Å². The molecule has 2 aromatic heterocycles. The topological polar surface area (TPSA) is 95.8 Å². The molecule has 0 saturated carbocycles. The van der Waals surface area contributed by atoms with Crippen LogP contribution >= 0.6 is 0 Å². The maximum Gasteiger partial charge on any atom is 0.417 e. The summed E-state index contributed by atoms with van der Waals surface area (Å²) in [7, 11) is 0. The van der Waals surface area contributed by atoms with Gasteiger partial charge in [0.1, 0.15) is 5.82 Å². The largest absolute Gasteiger partial charge is 0.417 e. The Morgan fingerprint density at radius 2 is 1.76 bits per heavy atom. The van der Waals surface area contributed by atoms with Crippen molar-refractivity contribution in [2.24, 2.45) is 0 Å². The standard InChI is InChI=1S/C22H23N5O2/c1-12(2)17-7-5-15(9-13(17)3)25-21-23-11-14(4)20(27-21)24-16-6-8-19-18(10-16)26-22(28)29-19/h5-12H,1-4H3,(H,26,28)(H2,23,24,25,27). The van der Waals surface area contributed by atoms with E-state index < -0.39 is 5.76 Å². The monoisotopic (exact) mass is 389 g/mol. The zero-order valence-corrected chi connectivity index (χ0v) is 16.8. The van der Waals surface area contributed by atoms with Crippen LogP contribution in [0.3, 0.4) is 0 Å². The summed E-state index contributed by atoms with van der Waals surface area (Å²) in [5, 5.41) is 6.55. The minimum Gasteiger partial charge on any atom is -0.408 e. The van der Waals surface area contributed by atoms with Gasteiger partial charge in [-0.15, -0.1) is 0 Å². The van der Waals surface area contributed by atoms with Crippen molar-refractivity contribution in [3.63, 3.8) is 0 Å². The first-order chi connectivity index (χ1) is 13.9. The number of fused-ring (bicyclic) bond motifs is 1. The molecule has 0 bridgehead atoms. The summed E-state index contributed by atoms with van der Waals surface area (Å²) in [4.78, 5) is 23.0. The molecule has 0 aliphatic carbocycles. The first-order valence-electron chi connectivity index (χ1n) is 9.50. The van der Waals surface area contributed by atoms with Crippen molar-refractivity contribution in [2.75, 3.05) is 10.6 Å². The van der Waals surface area contributed by atoms with Crippen LogP contribution in [0.15, 0.2) is 51.8 Å². The van der Waals surface area contributed by atoms with E-state index in [1.54, 1.807) is 12.3 Å². The Morgan fingerprint density at radius 1 is 1.00 bits per heavy atom. The van der Waals surface area contributed by atoms with E-state index in [2.05, 4.69) is 58.5 Å². The molecule has 0 aliphatic heterocycles. The molecule has 148 valence electrons. The molecule has 29 heavy (non-hydrogen) atoms. The lowest BCUT2D eigenvalue weighted by molar-refractivity contribution is 0.555. The van der Waals surface area contributed by atoms with Crippen LogP contribution in [0.25, 0.3) is 11.1 Å². The summed E-state index contributed by atoms with van der Waals surface area (Å²) < 4.78 is 5.04. The maximum atomic E-state index is 11.3. The van der Waals surface area contributed by atoms with Crippen LogP contribution in [0.4, 0.5) is 23.1 Å². The molecule has 4 aromatic rings. The quantitative estimate of drug-likeness (QED) is 0.437. The van der Waals surface area contributed by atoms with Crippen molar-refractivity contribution in [1.29, 1.82) is 0 Å². The number of hydrogen-bond donors (Lipinski definition) is 3. The minimum absolute atomic E-state index is 0.472. The molecule has 2 heterocycles. The van der Waals surface area contributed by atoms with E-state index in [9.17, 15) is 4.79 Å². The summed E-state index contributed by atoms with van der Waals surface area (Å²) in [6.45, 7) is 8.42. The van der Waals surface area contributed by atoms with Gasteiger partial charge in [-0.2, -0.15) is 4.98 Å². The van der Waals surface area contributed by atoms with E-state index >= 15 is 0 Å². The van der Waals surface area contributed by atoms with E-state index in [1.807, 2.05) is 25.1 Å². The number of oxazole rings is 1. The normalized spacial score (nSPS) is 11.2. The smallest absolute Gasteiger partial charge is 0.408 e. The molecular weight excluding hydrogens is 366 g/mol. The Bertz CT molecular complexity index is 1240. The van der Waals surface area contributed by atoms with Gasteiger partial charge < -0.3 is 15.1 Å². The van der Waals surface area contributed by atoms with Gasteiger partial charge in [-0.25, -0.2) is 9.78 Å². The highest BCUT2D eigenvalue weighted by Crippen LogP contribution is 2.25. The number of rotatable bonds is 5. The molecular formula is C22H23N5O2. The molecule has 0 unspecified atom stereocenters. The third-order valence-electron chi connectivity index (χ3n) is 4.80. The van der Waals surface area contributed by atoms with Crippen molar-refractivity contribution in [3.8, 4) is 0 Å². The molecule has 0 saturated heterocycles. The van der Waals surface area contributed by atoms with Gasteiger partial charge in [0.2, 0.25) is 5.95 Å². The van der Waals surface area contributed by atoms with E-state index in [0.717, 1.165) is 16.9 Å². The lowest BCUT2D eigenvalue weighted by Gasteiger charge is -2.13. The maximum absolute atomic E-state index is 11.3. The highest BCUT2D eigenvalue weighted by molar-refractivity contribution is 5.78. The van der Waals surface area contributed by atoms with Crippen LogP contribution < -0.4 is 16.4 Å². The second kappa shape index (κ2) is 7.43. The number of aromatic amines is 1. The van der Waals surface area contributed by atoms with Crippen molar-refractivity contribution < 1.29 is 4.42 Å². The highest BCUT2D eigenvalue weighted by Gasteiger charge is 2.09. The van der Waals surface area contributed by atoms with Gasteiger partial charge in [-0.1, -0.05) is 19.9 Å². The fraction of sp³-hybridized carbons (Fsp3) is 0.227. The van der Waals surface area contributed by atoms with Crippen LogP contribution in [-0.4, -0.2) is 15.0 Å². The molecule has 7 nitrogen and oxygen atoms in total. The summed E-state index contributed by atoms with van der Waals surface area (Å²) >= 11 is 0. The molecule has 0 atom stereocenters. The van der Waals surface area contributed by atoms with Crippen LogP contribution in [0.5, 0.6) is 0 Å². The Kier molecular flexibility index (Phi) is 4.80. The van der Waals surface area contributed by atoms with Crippen LogP contribution in [0.2, 0.25) is 0 Å². The lowest BCUT2D eigenvalue weighted by atomic mass is 9.98. The third kappa shape index (κ3) is 3.99. The highest BCUT2D eigenvalue weighted by atomic mass is 16.4. The SMILES string of the molecule is Cc1cc(Nc2ncc(C)c(Nc3ccc4oc(=O)[nH]c4c3)n2)ccc1C(C)C. The number of nitrogens with one attached hydrogen (secondary N) is 3. The van der Waals surface area contributed by atoms with E-state index in [-0.39, 0.29) is 0 Å². The molecule has 0 aliphatic rings. The molecule has 7 heteroatoms. The Morgan fingerprint density at radius 3 is 2.52 bits per heavy atom. The summed E-state index contributed by atoms with van der Waals surface area (Å²) in [6.07, 6.45) is 1.77. The average Bonchev–Trinajstić information content (AvgIpc) is 3.03. The van der Waals surface area contributed by atoms with Gasteiger partial charge in [0.25, 0.3) is 0 Å². The van der Waals surface area contributed by atoms with Gasteiger partial charge >= 0.3 is 5.76 Å². The van der Waals surface area contributed by atoms with Crippen LogP contribution in [-0.2, 0) is 0 Å². The van der Waals surface area contributed by atoms with E-state index in [0.29, 0.717) is 28.8 Å². The second-order valence-corrected chi connectivity index (χ2v) is 7.43. The van der Waals surface area contributed by atoms with Gasteiger partial charge in [-0.3, -0.25) is 4.98 Å². The minimum atomic E-state index is -0.472. The van der Waals surface area contributed by atoms with Gasteiger partial charge in [0.15, 0.2) is 5.58 Å². The first kappa shape index (κ1) is 18.7. The fourth-order valence-corrected chi connectivity index (χ4v) is 3.33. The summed E-state index contributed by atoms with van der Waals surface area (Å²) in [5.41, 5.74) is 6.35. The van der Waals surface area contributed by atoms with E-state index in [4.69, 9.17) is 4.42 Å². The molecule has 0 amide bonds. The van der Waals surface area contributed by atoms with Crippen molar-refractivity contribution in [1.82, 2.24) is 15.0 Å². The first-order valence-corrected chi connectivity index (χ1v) is 9.50. The third-order valence-corrected chi connectivity index (χ3v) is 4.80. The van der Waals surface area contributed by atoms with Crippen molar-refractivity contribution in [2.45, 2.75) is 33.6 Å². The molecule has 3 N–H and O–H groups in total. The predicted molar refractivity (Wildman–Crippen MR) is 115 cm³/mol. The zero-order chi connectivity index (χ0) is 20.5. The number of aryl methyl sites for hydroxylation is 2. The van der Waals surface area contributed by atoms with Crippen LogP contribution in [0, 0.1) is 13.8 Å². The van der Waals surface area contributed by atoms with Crippen molar-refractivity contribution >= 4 is 34.2 Å². The van der Waals surface area contributed by atoms with Crippen molar-refractivity contribution in [3.05, 3.63) is 69.8 Å². The number of nitrogens with zero attached hydrogens (tertiary/aromatic N) is 2. The van der Waals surface area contributed by atoms with Gasteiger partial charge in [0.05, 0.1) is 5.52 Å². The Hall–Kier alpha value is -3.61. The number of anilines is 4. The molecule has 0 radical (unpaired) electrons. The second-order valence-electron chi connectivity index (χ2n) is 7.43. The fourth-order valence-electron chi connectivity index (χ4n) is 3.33. The number of aromatic nitrogens is 3. The lowest BCUT2D eigenvalue weighted by Crippen LogP contribution is -2.03. The zero-order valence-electron chi connectivity index (χ0n) is 16.8. The molecule has 0 fully saturated rings. The Balaban J connectivity index is 1.58. The molecule has 0 spiro atoms. The number of benzene rings is 2. The average molecular weight is 389 g/mol. The van der Waals surface area contributed by atoms with E-state index in [1.165, 1.54) is 11.1 Å². The summed E-state index contributed by atoms with van der Waals surface area (Å²) in [6, 6.07) is 11.7. The summed E-state index contributed by atoms with van der Waals surface area (Å²) in [5.74, 6) is 1.20. The van der Waals surface area contributed by atoms with Gasteiger partial charge in [-0.05, 0) is 61.2 Å². The van der Waals surface area contributed by atoms with Crippen LogP contribution in [0.1, 0.15) is 36.5 Å². The Labute approximate surface area is 168 Å².